The Bertz CT molecular complexity index is 791. The van der Waals surface area contributed by atoms with Gasteiger partial charge in [0.15, 0.2) is 11.3 Å². The smallest absolute Gasteiger partial charge is 0.406 e. The van der Waals surface area contributed by atoms with E-state index >= 15 is 4.39 Å². The van der Waals surface area contributed by atoms with Crippen LogP contribution in [-0.4, -0.2) is 42.2 Å². The monoisotopic (exact) mass is 389 g/mol. The average molecular weight is 390 g/mol. The number of hydrogen-bond donors (Lipinski definition) is 1. The fraction of sp³-hybridized carbons (Fsp3) is 0.333. The number of rotatable bonds is 4. The summed E-state index contributed by atoms with van der Waals surface area (Å²) in [6.07, 6.45) is -4.83. The van der Waals surface area contributed by atoms with Gasteiger partial charge < -0.3 is 9.84 Å². The second kappa shape index (κ2) is 6.40. The van der Waals surface area contributed by atoms with Crippen molar-refractivity contribution in [3.63, 3.8) is 0 Å². The van der Waals surface area contributed by atoms with E-state index in [-0.39, 0.29) is 24.2 Å². The first-order chi connectivity index (χ1) is 12.0. The number of halogens is 5. The first-order valence-corrected chi connectivity index (χ1v) is 8.13. The summed E-state index contributed by atoms with van der Waals surface area (Å²) < 4.78 is 56.4. The zero-order valence-electron chi connectivity index (χ0n) is 13.7. The number of nitrogens with zero attached hydrogens (tertiary/aromatic N) is 1. The van der Waals surface area contributed by atoms with Gasteiger partial charge in [-0.25, -0.2) is 4.39 Å². The van der Waals surface area contributed by atoms with Gasteiger partial charge in [-0.1, -0.05) is 35.9 Å². The molecule has 0 amide bonds. The summed E-state index contributed by atoms with van der Waals surface area (Å²) >= 11 is 5.99. The maximum Gasteiger partial charge on any atom is 0.573 e. The second-order valence-corrected chi connectivity index (χ2v) is 6.87. The molecule has 1 aliphatic heterocycles. The molecule has 0 bridgehead atoms. The lowest BCUT2D eigenvalue weighted by molar-refractivity contribution is -0.274. The van der Waals surface area contributed by atoms with Crippen molar-refractivity contribution in [1.29, 1.82) is 0 Å². The predicted molar refractivity (Wildman–Crippen MR) is 88.9 cm³/mol. The normalized spacial score (nSPS) is 19.5. The van der Waals surface area contributed by atoms with Gasteiger partial charge in [-0.05, 0) is 42.4 Å². The zero-order chi connectivity index (χ0) is 19.2. The van der Waals surface area contributed by atoms with E-state index in [2.05, 4.69) is 4.74 Å². The molecule has 1 aliphatic rings. The minimum absolute atomic E-state index is 0.0309. The van der Waals surface area contributed by atoms with Crippen LogP contribution in [0.25, 0.3) is 0 Å². The van der Waals surface area contributed by atoms with Crippen molar-refractivity contribution in [3.8, 4) is 5.75 Å². The fourth-order valence-corrected chi connectivity index (χ4v) is 3.52. The molecule has 1 N–H and O–H groups in total. The summed E-state index contributed by atoms with van der Waals surface area (Å²) in [4.78, 5) is 1.69. The quantitative estimate of drug-likeness (QED) is 0.798. The molecule has 0 aliphatic carbocycles. The fourth-order valence-electron chi connectivity index (χ4n) is 3.33. The number of ether oxygens (including phenoxy) is 1. The number of hydrogen-bond acceptors (Lipinski definition) is 3. The summed E-state index contributed by atoms with van der Waals surface area (Å²) in [5.41, 5.74) is -3.74. The molecule has 0 unspecified atom stereocenters. The van der Waals surface area contributed by atoms with Crippen LogP contribution in [0.2, 0.25) is 5.02 Å². The van der Waals surface area contributed by atoms with Gasteiger partial charge in [0.2, 0.25) is 0 Å². The topological polar surface area (TPSA) is 32.7 Å². The maximum absolute atomic E-state index is 15.5. The van der Waals surface area contributed by atoms with Gasteiger partial charge in [0.25, 0.3) is 0 Å². The predicted octanol–water partition coefficient (Wildman–Crippen LogP) is 4.13. The molecule has 140 valence electrons. The van der Waals surface area contributed by atoms with Crippen molar-refractivity contribution in [2.75, 3.05) is 20.1 Å². The van der Waals surface area contributed by atoms with Crippen molar-refractivity contribution in [3.05, 3.63) is 64.7 Å². The van der Waals surface area contributed by atoms with Gasteiger partial charge in [0.05, 0.1) is 0 Å². The molecule has 1 saturated heterocycles. The van der Waals surface area contributed by atoms with E-state index in [0.717, 1.165) is 12.1 Å². The van der Waals surface area contributed by atoms with Crippen molar-refractivity contribution >= 4 is 11.6 Å². The molecule has 2 aromatic rings. The number of aliphatic hydroxyl groups is 1. The van der Waals surface area contributed by atoms with E-state index in [4.69, 9.17) is 11.6 Å². The third-order valence-electron chi connectivity index (χ3n) is 4.44. The Kier molecular flexibility index (Phi) is 4.67. The Balaban J connectivity index is 2.04. The minimum Gasteiger partial charge on any atom is -0.406 e. The van der Waals surface area contributed by atoms with Gasteiger partial charge in [-0.2, -0.15) is 0 Å². The molecule has 8 heteroatoms. The molecular weight excluding hydrogens is 374 g/mol. The van der Waals surface area contributed by atoms with Gasteiger partial charge in [0, 0.05) is 18.1 Å². The molecule has 1 atom stereocenters. The molecule has 1 heterocycles. The Morgan fingerprint density at radius 1 is 1.08 bits per heavy atom. The first-order valence-electron chi connectivity index (χ1n) is 7.76. The molecule has 2 aromatic carbocycles. The third-order valence-corrected chi connectivity index (χ3v) is 4.67. The van der Waals surface area contributed by atoms with E-state index in [9.17, 15) is 18.3 Å². The molecule has 0 saturated carbocycles. The molecule has 3 rings (SSSR count). The summed E-state index contributed by atoms with van der Waals surface area (Å²) in [7, 11) is 1.70. The lowest BCUT2D eigenvalue weighted by atomic mass is 9.70. The molecule has 3 nitrogen and oxygen atoms in total. The van der Waals surface area contributed by atoms with Crippen LogP contribution in [0.5, 0.6) is 5.75 Å². The van der Waals surface area contributed by atoms with E-state index in [1.54, 1.807) is 24.1 Å². The van der Waals surface area contributed by atoms with Gasteiger partial charge in [0.1, 0.15) is 5.75 Å². The first kappa shape index (κ1) is 18.9. The van der Waals surface area contributed by atoms with Crippen LogP contribution < -0.4 is 4.74 Å². The molecule has 26 heavy (non-hydrogen) atoms. The van der Waals surface area contributed by atoms with Crippen molar-refractivity contribution in [1.82, 2.24) is 4.90 Å². The molecule has 0 aromatic heterocycles. The van der Waals surface area contributed by atoms with E-state index < -0.39 is 23.4 Å². The van der Waals surface area contributed by atoms with Crippen LogP contribution in [0.1, 0.15) is 11.1 Å². The summed E-state index contributed by atoms with van der Waals surface area (Å²) in [6.45, 7) is -0.0619. The van der Waals surface area contributed by atoms with Crippen LogP contribution in [0.4, 0.5) is 17.6 Å². The van der Waals surface area contributed by atoms with Gasteiger partial charge in [-0.15, -0.1) is 13.2 Å². The van der Waals surface area contributed by atoms with E-state index in [1.807, 2.05) is 0 Å². The molecular formula is C18H16ClF4NO2. The van der Waals surface area contributed by atoms with Crippen molar-refractivity contribution in [2.24, 2.45) is 0 Å². The number of benzene rings is 2. The lowest BCUT2D eigenvalue weighted by Gasteiger charge is -2.52. The van der Waals surface area contributed by atoms with Crippen LogP contribution in [0, 0.1) is 0 Å². The van der Waals surface area contributed by atoms with Crippen molar-refractivity contribution in [2.45, 2.75) is 17.6 Å². The zero-order valence-corrected chi connectivity index (χ0v) is 14.5. The van der Waals surface area contributed by atoms with Crippen LogP contribution >= 0.6 is 11.6 Å². The molecule has 1 fully saturated rings. The van der Waals surface area contributed by atoms with Crippen molar-refractivity contribution < 1.29 is 27.4 Å². The van der Waals surface area contributed by atoms with Crippen LogP contribution in [-0.2, 0) is 5.60 Å². The standard InChI is InChI=1S/C18H16ClF4NO2/c1-24-10-16(20,11-24)17(25,13-3-2-4-14(19)9-13)12-5-7-15(8-6-12)26-18(21,22)23/h2-9,25H,10-11H2,1H3/t17-/m0/s1. The van der Waals surface area contributed by atoms with Crippen LogP contribution in [0.3, 0.4) is 0 Å². The third kappa shape index (κ3) is 3.39. The van der Waals surface area contributed by atoms with Gasteiger partial charge >= 0.3 is 6.36 Å². The van der Waals surface area contributed by atoms with E-state index in [1.165, 1.54) is 24.3 Å². The highest BCUT2D eigenvalue weighted by Crippen LogP contribution is 2.47. The highest BCUT2D eigenvalue weighted by atomic mass is 35.5. The Hall–Kier alpha value is -1.83. The largest absolute Gasteiger partial charge is 0.573 e. The Morgan fingerprint density at radius 2 is 1.69 bits per heavy atom. The molecule has 0 radical (unpaired) electrons. The Labute approximate surface area is 152 Å². The summed E-state index contributed by atoms with van der Waals surface area (Å²) in [5, 5.41) is 11.7. The number of likely N-dealkylation sites (tertiary alicyclic amines) is 1. The highest BCUT2D eigenvalue weighted by Gasteiger charge is 2.59. The highest BCUT2D eigenvalue weighted by molar-refractivity contribution is 6.30. The van der Waals surface area contributed by atoms with Gasteiger partial charge in [-0.3, -0.25) is 4.90 Å². The maximum atomic E-state index is 15.5. The SMILES string of the molecule is CN1CC(F)([C@](O)(c2ccc(OC(F)(F)F)cc2)c2cccc(Cl)c2)C1. The molecule has 0 spiro atoms. The lowest BCUT2D eigenvalue weighted by Crippen LogP contribution is -2.68. The van der Waals surface area contributed by atoms with E-state index in [0.29, 0.717) is 5.02 Å². The summed E-state index contributed by atoms with van der Waals surface area (Å²) in [5.74, 6) is -0.451. The van der Waals surface area contributed by atoms with Crippen LogP contribution in [0.15, 0.2) is 48.5 Å². The summed E-state index contributed by atoms with van der Waals surface area (Å²) in [6, 6.07) is 10.7. The second-order valence-electron chi connectivity index (χ2n) is 6.43. The number of alkyl halides is 4. The minimum atomic E-state index is -4.83. The Morgan fingerprint density at radius 3 is 2.19 bits per heavy atom. The average Bonchev–Trinajstić information content (AvgIpc) is 2.52.